The number of pyridine rings is 1. The van der Waals surface area contributed by atoms with Crippen LogP contribution in [0.15, 0.2) is 42.6 Å². The van der Waals surface area contributed by atoms with Gasteiger partial charge in [0, 0.05) is 6.07 Å². The van der Waals surface area contributed by atoms with Crippen molar-refractivity contribution in [2.24, 2.45) is 0 Å². The summed E-state index contributed by atoms with van der Waals surface area (Å²) in [6.07, 6.45) is 0.624. The minimum atomic E-state index is -0.675. The number of aromatic nitrogens is 1. The summed E-state index contributed by atoms with van der Waals surface area (Å²) in [5, 5.41) is 9.15. The number of carbonyl (C=O) groups excluding carboxylic acids is 1. The van der Waals surface area contributed by atoms with Crippen LogP contribution in [-0.2, 0) is 9.53 Å². The van der Waals surface area contributed by atoms with Crippen LogP contribution in [0.5, 0.6) is 23.1 Å². The van der Waals surface area contributed by atoms with E-state index >= 15 is 0 Å². The maximum atomic E-state index is 11.5. The van der Waals surface area contributed by atoms with Crippen LogP contribution in [0.4, 0.5) is 0 Å². The first kappa shape index (κ1) is 15.6. The highest BCUT2D eigenvalue weighted by Gasteiger charge is 2.15. The first-order chi connectivity index (χ1) is 10.6. The highest BCUT2D eigenvalue weighted by Crippen LogP contribution is 2.23. The first-order valence-electron chi connectivity index (χ1n) is 6.84. The maximum absolute atomic E-state index is 11.5. The third-order valence-corrected chi connectivity index (χ3v) is 2.70. The summed E-state index contributed by atoms with van der Waals surface area (Å²) in [6, 6.07) is 9.81. The molecule has 6 nitrogen and oxygen atoms in total. The number of carbonyl (C=O) groups is 1. The number of nitrogens with zero attached hydrogens (tertiary/aromatic N) is 1. The molecule has 1 N–H and O–H groups in total. The fourth-order valence-corrected chi connectivity index (χ4v) is 1.65. The highest BCUT2D eigenvalue weighted by atomic mass is 16.6. The van der Waals surface area contributed by atoms with Gasteiger partial charge in [-0.1, -0.05) is 0 Å². The molecule has 1 aromatic carbocycles. The van der Waals surface area contributed by atoms with Gasteiger partial charge in [-0.25, -0.2) is 9.78 Å². The minimum Gasteiger partial charge on any atom is -0.506 e. The number of aromatic hydroxyl groups is 1. The van der Waals surface area contributed by atoms with Crippen LogP contribution in [0.1, 0.15) is 13.8 Å². The molecule has 1 aromatic heterocycles. The molecule has 2 aromatic rings. The molecule has 0 fully saturated rings. The van der Waals surface area contributed by atoms with Crippen LogP contribution in [0, 0.1) is 0 Å². The Morgan fingerprint density at radius 3 is 2.45 bits per heavy atom. The lowest BCUT2D eigenvalue weighted by Gasteiger charge is -2.13. The number of hydrogen-bond acceptors (Lipinski definition) is 6. The van der Waals surface area contributed by atoms with Crippen molar-refractivity contribution in [1.82, 2.24) is 4.98 Å². The van der Waals surface area contributed by atoms with Crippen molar-refractivity contribution in [3.8, 4) is 23.1 Å². The average Bonchev–Trinajstić information content (AvgIpc) is 2.51. The van der Waals surface area contributed by atoms with E-state index in [1.54, 1.807) is 44.2 Å². The van der Waals surface area contributed by atoms with Crippen LogP contribution in [0.2, 0.25) is 0 Å². The Bertz CT molecular complexity index is 609. The quantitative estimate of drug-likeness (QED) is 0.827. The molecule has 0 saturated carbocycles. The second kappa shape index (κ2) is 7.31. The van der Waals surface area contributed by atoms with Gasteiger partial charge in [0.1, 0.15) is 17.2 Å². The third kappa shape index (κ3) is 4.37. The summed E-state index contributed by atoms with van der Waals surface area (Å²) < 4.78 is 15.9. The van der Waals surface area contributed by atoms with Gasteiger partial charge in [0.15, 0.2) is 6.10 Å². The molecule has 0 saturated heterocycles. The summed E-state index contributed by atoms with van der Waals surface area (Å²) in [7, 11) is 0. The second-order valence-corrected chi connectivity index (χ2v) is 4.44. The standard InChI is InChI=1S/C16H17NO5/c1-3-20-16(19)11(2)21-13-5-7-14(8-6-13)22-15-9-4-12(18)10-17-15/h4-11,18H,3H2,1-2H3/t11-/m1/s1. The summed E-state index contributed by atoms with van der Waals surface area (Å²) >= 11 is 0. The van der Waals surface area contributed by atoms with Crippen LogP contribution in [-0.4, -0.2) is 28.8 Å². The minimum absolute atomic E-state index is 0.0732. The number of hydrogen-bond donors (Lipinski definition) is 1. The van der Waals surface area contributed by atoms with Gasteiger partial charge in [-0.2, -0.15) is 0 Å². The van der Waals surface area contributed by atoms with Crippen LogP contribution < -0.4 is 9.47 Å². The van der Waals surface area contributed by atoms with Crippen molar-refractivity contribution in [3.63, 3.8) is 0 Å². The zero-order chi connectivity index (χ0) is 15.9. The van der Waals surface area contributed by atoms with Crippen molar-refractivity contribution < 1.29 is 24.1 Å². The van der Waals surface area contributed by atoms with E-state index in [0.717, 1.165) is 0 Å². The van der Waals surface area contributed by atoms with Crippen molar-refractivity contribution >= 4 is 5.97 Å². The van der Waals surface area contributed by atoms with Crippen molar-refractivity contribution in [2.75, 3.05) is 6.61 Å². The predicted octanol–water partition coefficient (Wildman–Crippen LogP) is 2.91. The summed E-state index contributed by atoms with van der Waals surface area (Å²) in [5.74, 6) is 1.13. The SMILES string of the molecule is CCOC(=O)[C@@H](C)Oc1ccc(Oc2ccc(O)cn2)cc1. The predicted molar refractivity (Wildman–Crippen MR) is 79.1 cm³/mol. The van der Waals surface area contributed by atoms with Gasteiger partial charge in [-0.3, -0.25) is 0 Å². The molecule has 2 rings (SSSR count). The molecule has 0 amide bonds. The second-order valence-electron chi connectivity index (χ2n) is 4.44. The molecule has 0 aliphatic heterocycles. The van der Waals surface area contributed by atoms with E-state index in [1.165, 1.54) is 12.3 Å². The molecule has 0 unspecified atom stereocenters. The molecule has 6 heteroatoms. The summed E-state index contributed by atoms with van der Waals surface area (Å²) in [4.78, 5) is 15.4. The molecule has 0 bridgehead atoms. The number of rotatable bonds is 6. The fraction of sp³-hybridized carbons (Fsp3) is 0.250. The molecule has 0 aliphatic rings. The first-order valence-corrected chi connectivity index (χ1v) is 6.84. The molecular weight excluding hydrogens is 286 g/mol. The molecule has 22 heavy (non-hydrogen) atoms. The molecular formula is C16H17NO5. The zero-order valence-electron chi connectivity index (χ0n) is 12.4. The van der Waals surface area contributed by atoms with Crippen LogP contribution in [0.3, 0.4) is 0 Å². The largest absolute Gasteiger partial charge is 0.506 e. The number of benzene rings is 1. The smallest absolute Gasteiger partial charge is 0.347 e. The normalized spacial score (nSPS) is 11.5. The topological polar surface area (TPSA) is 77.9 Å². The van der Waals surface area contributed by atoms with Crippen LogP contribution >= 0.6 is 0 Å². The molecule has 1 heterocycles. The lowest BCUT2D eigenvalue weighted by atomic mass is 10.3. The van der Waals surface area contributed by atoms with Gasteiger partial charge < -0.3 is 19.3 Å². The molecule has 0 aliphatic carbocycles. The Hall–Kier alpha value is -2.76. The monoisotopic (exact) mass is 303 g/mol. The Morgan fingerprint density at radius 1 is 1.18 bits per heavy atom. The van der Waals surface area contributed by atoms with Gasteiger partial charge in [-0.15, -0.1) is 0 Å². The number of ether oxygens (including phenoxy) is 3. The Kier molecular flexibility index (Phi) is 5.19. The lowest BCUT2D eigenvalue weighted by Crippen LogP contribution is -2.25. The van der Waals surface area contributed by atoms with E-state index < -0.39 is 12.1 Å². The molecule has 0 radical (unpaired) electrons. The summed E-state index contributed by atoms with van der Waals surface area (Å²) in [6.45, 7) is 3.69. The molecule has 1 atom stereocenters. The molecule has 0 spiro atoms. The van der Waals surface area contributed by atoms with Crippen LogP contribution in [0.25, 0.3) is 0 Å². The van der Waals surface area contributed by atoms with Crippen molar-refractivity contribution in [2.45, 2.75) is 20.0 Å². The van der Waals surface area contributed by atoms with Gasteiger partial charge in [0.05, 0.1) is 12.8 Å². The van der Waals surface area contributed by atoms with E-state index in [9.17, 15) is 4.79 Å². The zero-order valence-corrected chi connectivity index (χ0v) is 12.4. The lowest BCUT2D eigenvalue weighted by molar-refractivity contribution is -0.150. The van der Waals surface area contributed by atoms with E-state index in [2.05, 4.69) is 4.98 Å². The Balaban J connectivity index is 1.95. The Labute approximate surface area is 128 Å². The number of esters is 1. The van der Waals surface area contributed by atoms with Gasteiger partial charge in [0.25, 0.3) is 0 Å². The van der Waals surface area contributed by atoms with E-state index in [1.807, 2.05) is 0 Å². The van der Waals surface area contributed by atoms with E-state index in [4.69, 9.17) is 19.3 Å². The highest BCUT2D eigenvalue weighted by molar-refractivity contribution is 5.74. The molecule has 116 valence electrons. The van der Waals surface area contributed by atoms with Gasteiger partial charge >= 0.3 is 5.97 Å². The summed E-state index contributed by atoms with van der Waals surface area (Å²) in [5.41, 5.74) is 0. The Morgan fingerprint density at radius 2 is 1.86 bits per heavy atom. The van der Waals surface area contributed by atoms with E-state index in [-0.39, 0.29) is 5.75 Å². The van der Waals surface area contributed by atoms with E-state index in [0.29, 0.717) is 24.0 Å². The van der Waals surface area contributed by atoms with Crippen molar-refractivity contribution in [1.29, 1.82) is 0 Å². The average molecular weight is 303 g/mol. The van der Waals surface area contributed by atoms with Gasteiger partial charge in [0.2, 0.25) is 5.88 Å². The van der Waals surface area contributed by atoms with Gasteiger partial charge in [-0.05, 0) is 44.2 Å². The van der Waals surface area contributed by atoms with Crippen molar-refractivity contribution in [3.05, 3.63) is 42.6 Å². The third-order valence-electron chi connectivity index (χ3n) is 2.70. The maximum Gasteiger partial charge on any atom is 0.347 e. The fourth-order valence-electron chi connectivity index (χ4n) is 1.65.